The lowest BCUT2D eigenvalue weighted by molar-refractivity contribution is -0.148. The molecule has 1 aliphatic rings. The second kappa shape index (κ2) is 7.16. The molecule has 0 heterocycles. The van der Waals surface area contributed by atoms with Gasteiger partial charge < -0.3 is 14.6 Å². The molecule has 1 aromatic carbocycles. The first kappa shape index (κ1) is 20.6. The van der Waals surface area contributed by atoms with E-state index in [1.54, 1.807) is 0 Å². The molecule has 0 saturated heterocycles. The van der Waals surface area contributed by atoms with Gasteiger partial charge in [0.15, 0.2) is 14.1 Å². The number of hydrogen-bond acceptors (Lipinski definition) is 5. The lowest BCUT2D eigenvalue weighted by atomic mass is 9.82. The Morgan fingerprint density at radius 2 is 1.76 bits per heavy atom. The zero-order chi connectivity index (χ0) is 19.0. The lowest BCUT2D eigenvalue weighted by Gasteiger charge is -2.46. The minimum atomic E-state index is -2.13. The standard InChI is InChI=1S/C19H30O4SSi/c1-18(2,3)25(5,6)23-14-12-19(4,17(22)16(21)15(14)20)24-13-10-8-7-9-11-13/h7-11,14-16,20-21H,12H2,1-6H3/t14-,15-,16-,19-/m1/s1. The van der Waals surface area contributed by atoms with Crippen LogP contribution >= 0.6 is 11.8 Å². The fourth-order valence-corrected chi connectivity index (χ4v) is 5.40. The maximum absolute atomic E-state index is 12.7. The molecule has 2 N–H and O–H groups in total. The number of aliphatic hydroxyl groups excluding tert-OH is 2. The minimum absolute atomic E-state index is 0.0118. The maximum Gasteiger partial charge on any atom is 0.192 e. The molecule has 1 saturated carbocycles. The topological polar surface area (TPSA) is 66.8 Å². The van der Waals surface area contributed by atoms with Crippen molar-refractivity contribution in [2.24, 2.45) is 0 Å². The Hall–Kier alpha value is -0.663. The number of Topliss-reactive ketones (excluding diaryl/α,β-unsaturated/α-hetero) is 1. The van der Waals surface area contributed by atoms with Gasteiger partial charge in [0.25, 0.3) is 0 Å². The zero-order valence-electron chi connectivity index (χ0n) is 15.9. The van der Waals surface area contributed by atoms with E-state index in [2.05, 4.69) is 33.9 Å². The third-order valence-corrected chi connectivity index (χ3v) is 11.3. The molecule has 25 heavy (non-hydrogen) atoms. The van der Waals surface area contributed by atoms with Crippen LogP contribution in [0.4, 0.5) is 0 Å². The summed E-state index contributed by atoms with van der Waals surface area (Å²) in [7, 11) is -2.13. The van der Waals surface area contributed by atoms with Gasteiger partial charge in [-0.3, -0.25) is 4.79 Å². The molecule has 1 fully saturated rings. The van der Waals surface area contributed by atoms with E-state index in [0.29, 0.717) is 6.42 Å². The van der Waals surface area contributed by atoms with Gasteiger partial charge in [-0.1, -0.05) is 39.0 Å². The van der Waals surface area contributed by atoms with Gasteiger partial charge in [-0.2, -0.15) is 0 Å². The van der Waals surface area contributed by atoms with E-state index in [1.165, 1.54) is 11.8 Å². The Morgan fingerprint density at radius 1 is 1.20 bits per heavy atom. The lowest BCUT2D eigenvalue weighted by Crippen LogP contribution is -2.60. The van der Waals surface area contributed by atoms with Crippen molar-refractivity contribution in [1.82, 2.24) is 0 Å². The predicted molar refractivity (Wildman–Crippen MR) is 104 cm³/mol. The van der Waals surface area contributed by atoms with Gasteiger partial charge in [0.2, 0.25) is 0 Å². The molecule has 1 aliphatic carbocycles. The molecular formula is C19H30O4SSi. The number of rotatable bonds is 4. The van der Waals surface area contributed by atoms with Gasteiger partial charge >= 0.3 is 0 Å². The molecule has 0 spiro atoms. The van der Waals surface area contributed by atoms with Crippen molar-refractivity contribution in [3.8, 4) is 0 Å². The van der Waals surface area contributed by atoms with Crippen molar-refractivity contribution in [1.29, 1.82) is 0 Å². The highest BCUT2D eigenvalue weighted by Crippen LogP contribution is 2.45. The smallest absolute Gasteiger partial charge is 0.192 e. The van der Waals surface area contributed by atoms with E-state index < -0.39 is 31.4 Å². The third-order valence-electron chi connectivity index (χ3n) is 5.42. The number of ketones is 1. The summed E-state index contributed by atoms with van der Waals surface area (Å²) < 4.78 is 5.54. The average molecular weight is 383 g/mol. The largest absolute Gasteiger partial charge is 0.411 e. The van der Waals surface area contributed by atoms with Gasteiger partial charge in [-0.05, 0) is 43.6 Å². The number of hydrogen-bond donors (Lipinski definition) is 2. The van der Waals surface area contributed by atoms with Crippen LogP contribution in [-0.4, -0.2) is 47.4 Å². The molecular weight excluding hydrogens is 352 g/mol. The molecule has 0 radical (unpaired) electrons. The van der Waals surface area contributed by atoms with E-state index in [-0.39, 0.29) is 10.8 Å². The second-order valence-corrected chi connectivity index (χ2v) is 14.9. The summed E-state index contributed by atoms with van der Waals surface area (Å²) in [5.41, 5.74) is 0. The predicted octanol–water partition coefficient (Wildman–Crippen LogP) is 3.62. The second-order valence-electron chi connectivity index (χ2n) is 8.57. The van der Waals surface area contributed by atoms with Crippen LogP contribution in [-0.2, 0) is 9.22 Å². The fraction of sp³-hybridized carbons (Fsp3) is 0.632. The molecule has 4 atom stereocenters. The average Bonchev–Trinajstić information content (AvgIpc) is 2.50. The molecule has 140 valence electrons. The summed E-state index contributed by atoms with van der Waals surface area (Å²) >= 11 is 1.43. The summed E-state index contributed by atoms with van der Waals surface area (Å²) in [5.74, 6) is -0.330. The van der Waals surface area contributed by atoms with Crippen molar-refractivity contribution in [2.75, 3.05) is 0 Å². The zero-order valence-corrected chi connectivity index (χ0v) is 17.8. The van der Waals surface area contributed by atoms with Crippen LogP contribution < -0.4 is 0 Å². The summed E-state index contributed by atoms with van der Waals surface area (Å²) in [6.45, 7) is 12.5. The van der Waals surface area contributed by atoms with Gasteiger partial charge in [0, 0.05) is 4.90 Å². The monoisotopic (exact) mass is 382 g/mol. The van der Waals surface area contributed by atoms with Crippen LogP contribution in [0.1, 0.15) is 34.1 Å². The first-order chi connectivity index (χ1) is 11.4. The highest BCUT2D eigenvalue weighted by Gasteiger charge is 2.52. The molecule has 0 bridgehead atoms. The summed E-state index contributed by atoms with van der Waals surface area (Å²) in [4.78, 5) is 13.7. The van der Waals surface area contributed by atoms with Crippen molar-refractivity contribution < 1.29 is 19.4 Å². The van der Waals surface area contributed by atoms with Gasteiger partial charge in [-0.25, -0.2) is 0 Å². The molecule has 1 aromatic rings. The minimum Gasteiger partial charge on any atom is -0.411 e. The van der Waals surface area contributed by atoms with E-state index in [9.17, 15) is 15.0 Å². The first-order valence-electron chi connectivity index (χ1n) is 8.70. The molecule has 4 nitrogen and oxygen atoms in total. The molecule has 0 unspecified atom stereocenters. The Kier molecular flexibility index (Phi) is 5.91. The molecule has 2 rings (SSSR count). The van der Waals surface area contributed by atoms with E-state index in [4.69, 9.17) is 4.43 Å². The van der Waals surface area contributed by atoms with Gasteiger partial charge in [0.1, 0.15) is 12.2 Å². The Balaban J connectivity index is 2.26. The van der Waals surface area contributed by atoms with Crippen LogP contribution in [0.3, 0.4) is 0 Å². The molecule has 0 amide bonds. The number of carbonyl (C=O) groups excluding carboxylic acids is 1. The normalized spacial score (nSPS) is 31.2. The Labute approximate surface area is 156 Å². The first-order valence-corrected chi connectivity index (χ1v) is 12.4. The molecule has 6 heteroatoms. The van der Waals surface area contributed by atoms with Crippen molar-refractivity contribution in [3.63, 3.8) is 0 Å². The van der Waals surface area contributed by atoms with Crippen LogP contribution in [0.15, 0.2) is 35.2 Å². The van der Waals surface area contributed by atoms with Crippen molar-refractivity contribution >= 4 is 25.9 Å². The quantitative estimate of drug-likeness (QED) is 0.779. The van der Waals surface area contributed by atoms with Gasteiger partial charge in [0.05, 0.1) is 10.9 Å². The number of carbonyl (C=O) groups is 1. The Bertz CT molecular complexity index is 614. The van der Waals surface area contributed by atoms with E-state index in [1.807, 2.05) is 37.3 Å². The van der Waals surface area contributed by atoms with Crippen LogP contribution in [0, 0.1) is 0 Å². The summed E-state index contributed by atoms with van der Waals surface area (Å²) in [6.07, 6.45) is -2.75. The van der Waals surface area contributed by atoms with E-state index in [0.717, 1.165) is 4.90 Å². The van der Waals surface area contributed by atoms with Crippen LogP contribution in [0.2, 0.25) is 18.1 Å². The molecule has 0 aliphatic heterocycles. The summed E-state index contributed by atoms with van der Waals surface area (Å²) in [6, 6.07) is 9.67. The third kappa shape index (κ3) is 4.36. The van der Waals surface area contributed by atoms with E-state index >= 15 is 0 Å². The van der Waals surface area contributed by atoms with Crippen molar-refractivity contribution in [2.45, 2.75) is 80.2 Å². The maximum atomic E-state index is 12.7. The van der Waals surface area contributed by atoms with Crippen LogP contribution in [0.5, 0.6) is 0 Å². The SMILES string of the molecule is CC(C)(C)[Si](C)(C)O[C@@H]1C[C@@](C)(Sc2ccccc2)C(=O)[C@H](O)[C@@H]1O. The number of thioether (sulfide) groups is 1. The Morgan fingerprint density at radius 3 is 2.28 bits per heavy atom. The van der Waals surface area contributed by atoms with Gasteiger partial charge in [-0.15, -0.1) is 11.8 Å². The van der Waals surface area contributed by atoms with Crippen LogP contribution in [0.25, 0.3) is 0 Å². The number of aliphatic hydroxyl groups is 2. The summed E-state index contributed by atoms with van der Waals surface area (Å²) in [5, 5.41) is 20.8. The highest BCUT2D eigenvalue weighted by molar-refractivity contribution is 8.01. The molecule has 0 aromatic heterocycles. The highest BCUT2D eigenvalue weighted by atomic mass is 32.2. The fourth-order valence-electron chi connectivity index (χ4n) is 2.78. The van der Waals surface area contributed by atoms with Crippen molar-refractivity contribution in [3.05, 3.63) is 30.3 Å². The number of benzene rings is 1.